The summed E-state index contributed by atoms with van der Waals surface area (Å²) in [6, 6.07) is 14.4. The summed E-state index contributed by atoms with van der Waals surface area (Å²) in [6.07, 6.45) is -1.93. The Labute approximate surface area is 244 Å². The van der Waals surface area contributed by atoms with E-state index in [-0.39, 0.29) is 36.0 Å². The minimum Gasteiger partial charge on any atom is -0.487 e. The van der Waals surface area contributed by atoms with Gasteiger partial charge in [-0.25, -0.2) is 4.79 Å². The molecule has 4 aliphatic rings. The Morgan fingerprint density at radius 1 is 1.00 bits per heavy atom. The number of amides is 1. The predicted octanol–water partition coefficient (Wildman–Crippen LogP) is 6.19. The van der Waals surface area contributed by atoms with Crippen molar-refractivity contribution >= 4 is 34.2 Å². The monoisotopic (exact) mass is 603 g/mol. The van der Waals surface area contributed by atoms with E-state index in [1.54, 1.807) is 24.3 Å². The number of hydrogen-bond donors (Lipinski definition) is 3. The van der Waals surface area contributed by atoms with E-state index in [0.29, 0.717) is 43.1 Å². The second-order valence-corrected chi connectivity index (χ2v) is 12.9. The van der Waals surface area contributed by atoms with Crippen molar-refractivity contribution in [2.75, 3.05) is 0 Å². The number of carbonyl (C=O) groups is 2. The van der Waals surface area contributed by atoms with E-state index in [9.17, 15) is 33.0 Å². The first kappa shape index (κ1) is 28.6. The number of aliphatic hydroxyl groups is 1. The van der Waals surface area contributed by atoms with Crippen molar-refractivity contribution in [2.24, 2.45) is 11.3 Å². The first-order valence-corrected chi connectivity index (χ1v) is 14.1. The van der Waals surface area contributed by atoms with E-state index >= 15 is 0 Å². The summed E-state index contributed by atoms with van der Waals surface area (Å²) >= 11 is 6.89. The lowest BCUT2D eigenvalue weighted by atomic mass is 9.45. The van der Waals surface area contributed by atoms with Gasteiger partial charge in [0, 0.05) is 15.7 Å². The quantitative estimate of drug-likeness (QED) is 0.265. The second kappa shape index (κ2) is 10.1. The SMILES string of the molecule is O=C(N[C@H](C(=O)O)[C@]12C[C@H]3C[C@](O)(C[C@](Cl)(C3)C1)C2)c1ccc2ccccc2c1OCc1ccc(OC(F)(F)F)cc1. The third-order valence-corrected chi connectivity index (χ3v) is 9.23. The number of carbonyl (C=O) groups excluding carboxylic acids is 1. The van der Waals surface area contributed by atoms with Crippen molar-refractivity contribution in [3.05, 3.63) is 71.8 Å². The molecule has 0 spiro atoms. The van der Waals surface area contributed by atoms with Crippen molar-refractivity contribution < 1.29 is 42.4 Å². The highest BCUT2D eigenvalue weighted by Crippen LogP contribution is 2.66. The standard InChI is InChI=1S/C31H29ClF3NO6/c32-29-12-19-11-28(15-29,16-30(40,13-19)17-29)25(27(38)39)36-26(37)23-10-7-20-3-1-2-4-22(20)24(23)41-14-18-5-8-21(9-6-18)42-31(33,34)35/h1-10,19,25,40H,11-17H2,(H,36,37)(H,38,39)/t19-,25-,28-,29+,30-/m1/s1. The predicted molar refractivity (Wildman–Crippen MR) is 147 cm³/mol. The summed E-state index contributed by atoms with van der Waals surface area (Å²) in [7, 11) is 0. The smallest absolute Gasteiger partial charge is 0.487 e. The van der Waals surface area contributed by atoms with Gasteiger partial charge in [-0.3, -0.25) is 4.79 Å². The molecule has 0 aromatic heterocycles. The minimum atomic E-state index is -4.81. The maximum atomic E-state index is 13.8. The minimum absolute atomic E-state index is 0.0731. The first-order valence-electron chi connectivity index (χ1n) is 13.7. The summed E-state index contributed by atoms with van der Waals surface area (Å²) in [5.41, 5.74) is -1.31. The molecule has 5 atom stereocenters. The number of carboxylic acid groups (broad SMARTS) is 1. The number of benzene rings is 3. The van der Waals surface area contributed by atoms with Crippen LogP contribution in [0.25, 0.3) is 10.8 Å². The highest BCUT2D eigenvalue weighted by molar-refractivity contribution is 6.24. The highest BCUT2D eigenvalue weighted by Gasteiger charge is 2.66. The highest BCUT2D eigenvalue weighted by atomic mass is 35.5. The molecule has 0 saturated heterocycles. The molecule has 11 heteroatoms. The lowest BCUT2D eigenvalue weighted by Crippen LogP contribution is -2.67. The van der Waals surface area contributed by atoms with Crippen molar-refractivity contribution in [1.82, 2.24) is 5.32 Å². The third kappa shape index (κ3) is 5.49. The van der Waals surface area contributed by atoms with Crippen LogP contribution in [0, 0.1) is 11.3 Å². The number of aliphatic carboxylic acids is 1. The van der Waals surface area contributed by atoms with Crippen LogP contribution >= 0.6 is 11.6 Å². The number of hydrogen-bond acceptors (Lipinski definition) is 5. The normalized spacial score (nSPS) is 28.8. The number of carboxylic acids is 1. The summed E-state index contributed by atoms with van der Waals surface area (Å²) in [4.78, 5) is 25.8. The Kier molecular flexibility index (Phi) is 6.85. The van der Waals surface area contributed by atoms with Crippen LogP contribution in [0.3, 0.4) is 0 Å². The molecule has 4 saturated carbocycles. The summed E-state index contributed by atoms with van der Waals surface area (Å²) in [5, 5.41) is 25.7. The van der Waals surface area contributed by atoms with Gasteiger partial charge in [0.1, 0.15) is 24.1 Å². The number of fused-ring (bicyclic) bond motifs is 1. The molecular formula is C31H29ClF3NO6. The van der Waals surface area contributed by atoms with Crippen LogP contribution in [0.15, 0.2) is 60.7 Å². The lowest BCUT2D eigenvalue weighted by Gasteiger charge is -2.64. The number of alkyl halides is 4. The van der Waals surface area contributed by atoms with Gasteiger partial charge in [0.2, 0.25) is 0 Å². The largest absolute Gasteiger partial charge is 0.573 e. The first-order chi connectivity index (χ1) is 19.8. The average molecular weight is 604 g/mol. The van der Waals surface area contributed by atoms with Gasteiger partial charge < -0.3 is 25.0 Å². The molecule has 222 valence electrons. The van der Waals surface area contributed by atoms with Crippen LogP contribution in [-0.2, 0) is 11.4 Å². The Balaban J connectivity index is 1.28. The fourth-order valence-electron chi connectivity index (χ4n) is 7.87. The molecule has 0 radical (unpaired) electrons. The Bertz CT molecular complexity index is 1530. The molecule has 3 aromatic carbocycles. The summed E-state index contributed by atoms with van der Waals surface area (Å²) in [5.74, 6) is -1.93. The molecule has 7 nitrogen and oxygen atoms in total. The molecule has 7 rings (SSSR count). The van der Waals surface area contributed by atoms with Crippen LogP contribution in [0.2, 0.25) is 0 Å². The maximum absolute atomic E-state index is 13.8. The molecule has 4 aliphatic carbocycles. The number of halogens is 4. The molecule has 4 fully saturated rings. The molecule has 42 heavy (non-hydrogen) atoms. The Morgan fingerprint density at radius 3 is 2.40 bits per heavy atom. The molecule has 0 unspecified atom stereocenters. The van der Waals surface area contributed by atoms with E-state index in [2.05, 4.69) is 10.1 Å². The summed E-state index contributed by atoms with van der Waals surface area (Å²) in [6.45, 7) is -0.0731. The van der Waals surface area contributed by atoms with Crippen molar-refractivity contribution in [2.45, 2.75) is 68.0 Å². The van der Waals surface area contributed by atoms with Gasteiger partial charge in [0.15, 0.2) is 0 Å². The van der Waals surface area contributed by atoms with Crippen LogP contribution in [0.4, 0.5) is 13.2 Å². The molecule has 3 N–H and O–H groups in total. The average Bonchev–Trinajstić information content (AvgIpc) is 2.87. The van der Waals surface area contributed by atoms with Gasteiger partial charge in [0.25, 0.3) is 5.91 Å². The van der Waals surface area contributed by atoms with E-state index in [0.717, 1.165) is 5.39 Å². The number of nitrogens with one attached hydrogen (secondary N) is 1. The van der Waals surface area contributed by atoms with Gasteiger partial charge in [-0.1, -0.05) is 42.5 Å². The second-order valence-electron chi connectivity index (χ2n) is 12.1. The van der Waals surface area contributed by atoms with Crippen molar-refractivity contribution in [3.63, 3.8) is 0 Å². The summed E-state index contributed by atoms with van der Waals surface area (Å²) < 4.78 is 47.6. The fourth-order valence-corrected chi connectivity index (χ4v) is 8.60. The van der Waals surface area contributed by atoms with Gasteiger partial charge in [0.05, 0.1) is 11.2 Å². The van der Waals surface area contributed by atoms with E-state index in [1.165, 1.54) is 24.3 Å². The van der Waals surface area contributed by atoms with Crippen molar-refractivity contribution in [3.8, 4) is 11.5 Å². The Hall–Kier alpha value is -3.50. The molecule has 0 heterocycles. The molecule has 1 amide bonds. The van der Waals surface area contributed by atoms with Crippen LogP contribution < -0.4 is 14.8 Å². The van der Waals surface area contributed by atoms with Gasteiger partial charge in [-0.15, -0.1) is 24.8 Å². The molecule has 4 bridgehead atoms. The number of rotatable bonds is 8. The zero-order valence-electron chi connectivity index (χ0n) is 22.4. The zero-order valence-corrected chi connectivity index (χ0v) is 23.2. The third-order valence-electron chi connectivity index (χ3n) is 8.81. The zero-order chi connectivity index (χ0) is 29.9. The van der Waals surface area contributed by atoms with E-state index in [4.69, 9.17) is 16.3 Å². The van der Waals surface area contributed by atoms with Gasteiger partial charge in [-0.2, -0.15) is 0 Å². The Morgan fingerprint density at radius 2 is 1.74 bits per heavy atom. The van der Waals surface area contributed by atoms with Gasteiger partial charge >= 0.3 is 12.3 Å². The van der Waals surface area contributed by atoms with E-state index in [1.807, 2.05) is 12.1 Å². The van der Waals surface area contributed by atoms with Crippen molar-refractivity contribution in [1.29, 1.82) is 0 Å². The molecule has 3 aromatic rings. The fraction of sp³-hybridized carbons (Fsp3) is 0.419. The van der Waals surface area contributed by atoms with E-state index < -0.39 is 40.2 Å². The maximum Gasteiger partial charge on any atom is 0.573 e. The van der Waals surface area contributed by atoms with Gasteiger partial charge in [-0.05, 0) is 73.6 Å². The molecule has 0 aliphatic heterocycles. The van der Waals surface area contributed by atoms with Crippen LogP contribution in [0.1, 0.15) is 54.4 Å². The van der Waals surface area contributed by atoms with Crippen LogP contribution in [0.5, 0.6) is 11.5 Å². The topological polar surface area (TPSA) is 105 Å². The molecular weight excluding hydrogens is 575 g/mol. The van der Waals surface area contributed by atoms with Crippen LogP contribution in [-0.4, -0.2) is 45.0 Å². The lowest BCUT2D eigenvalue weighted by molar-refractivity contribution is -0.274. The number of ether oxygens (including phenoxy) is 2.